The summed E-state index contributed by atoms with van der Waals surface area (Å²) in [7, 11) is 0. The van der Waals surface area contributed by atoms with E-state index < -0.39 is 35.3 Å². The largest absolute Gasteiger partial charge is 0.480 e. The fourth-order valence-electron chi connectivity index (χ4n) is 2.38. The molecule has 0 aromatic carbocycles. The number of amides is 2. The van der Waals surface area contributed by atoms with Gasteiger partial charge in [-0.15, -0.1) is 0 Å². The molecular formula is C13H23N3O5. The van der Waals surface area contributed by atoms with Crippen molar-refractivity contribution in [2.75, 3.05) is 19.7 Å². The molecule has 0 saturated heterocycles. The summed E-state index contributed by atoms with van der Waals surface area (Å²) in [5, 5.41) is 13.0. The van der Waals surface area contributed by atoms with Gasteiger partial charge in [-0.25, -0.2) is 0 Å². The summed E-state index contributed by atoms with van der Waals surface area (Å²) in [4.78, 5) is 33.8. The zero-order valence-corrected chi connectivity index (χ0v) is 12.6. The number of rotatable bonds is 7. The van der Waals surface area contributed by atoms with E-state index in [-0.39, 0.29) is 12.6 Å². The number of carboxylic acids is 1. The number of nitrogens with two attached hydrogens (primary N) is 1. The topological polar surface area (TPSA) is 131 Å². The molecule has 1 rings (SSSR count). The van der Waals surface area contributed by atoms with E-state index in [9.17, 15) is 14.4 Å². The zero-order chi connectivity index (χ0) is 16.3. The van der Waals surface area contributed by atoms with Gasteiger partial charge in [-0.05, 0) is 6.92 Å². The van der Waals surface area contributed by atoms with Gasteiger partial charge in [-0.1, -0.05) is 13.8 Å². The highest BCUT2D eigenvalue weighted by Gasteiger charge is 2.62. The highest BCUT2D eigenvalue weighted by Crippen LogP contribution is 2.49. The summed E-state index contributed by atoms with van der Waals surface area (Å²) in [6, 6.07) is 0. The first-order valence-electron chi connectivity index (χ1n) is 6.82. The van der Waals surface area contributed by atoms with Crippen LogP contribution in [0.3, 0.4) is 0 Å². The number of nitrogens with one attached hydrogen (secondary N) is 2. The van der Waals surface area contributed by atoms with E-state index >= 15 is 0 Å². The summed E-state index contributed by atoms with van der Waals surface area (Å²) in [6.45, 7) is 5.32. The summed E-state index contributed by atoms with van der Waals surface area (Å²) in [5.41, 5.74) is 4.50. The van der Waals surface area contributed by atoms with Crippen LogP contribution in [-0.2, 0) is 19.1 Å². The molecule has 0 bridgehead atoms. The van der Waals surface area contributed by atoms with Gasteiger partial charge in [0.15, 0.2) is 0 Å². The minimum atomic E-state index is -1.15. The molecule has 2 unspecified atom stereocenters. The lowest BCUT2D eigenvalue weighted by Gasteiger charge is -2.57. The predicted octanol–water partition coefficient (Wildman–Crippen LogP) is -1.16. The Kier molecular flexibility index (Phi) is 5.30. The third-order valence-corrected chi connectivity index (χ3v) is 4.08. The van der Waals surface area contributed by atoms with Crippen molar-refractivity contribution in [2.45, 2.75) is 38.8 Å². The summed E-state index contributed by atoms with van der Waals surface area (Å²) in [6.07, 6.45) is 0.287. The maximum atomic E-state index is 12.2. The van der Waals surface area contributed by atoms with Gasteiger partial charge in [0.05, 0.1) is 12.6 Å². The average Bonchev–Trinajstić information content (AvgIpc) is 2.41. The number of carbonyl (C=O) groups is 3. The molecule has 0 heterocycles. The average molecular weight is 301 g/mol. The molecule has 2 amide bonds. The number of carboxylic acid groups (broad SMARTS) is 1. The van der Waals surface area contributed by atoms with Gasteiger partial charge < -0.3 is 26.2 Å². The molecule has 0 aromatic rings. The normalized spacial score (nSPS) is 26.6. The maximum Gasteiger partial charge on any atom is 0.322 e. The Morgan fingerprint density at radius 3 is 2.38 bits per heavy atom. The van der Waals surface area contributed by atoms with Crippen molar-refractivity contribution in [3.8, 4) is 0 Å². The number of hydrogen-bond acceptors (Lipinski definition) is 5. The van der Waals surface area contributed by atoms with Crippen LogP contribution in [0.15, 0.2) is 0 Å². The van der Waals surface area contributed by atoms with E-state index in [4.69, 9.17) is 15.6 Å². The lowest BCUT2D eigenvalue weighted by Crippen LogP contribution is -2.76. The van der Waals surface area contributed by atoms with Crippen LogP contribution in [0.4, 0.5) is 0 Å². The molecule has 1 fully saturated rings. The second-order valence-corrected chi connectivity index (χ2v) is 5.69. The molecule has 8 heteroatoms. The highest BCUT2D eigenvalue weighted by molar-refractivity contribution is 5.92. The Morgan fingerprint density at radius 2 is 1.90 bits per heavy atom. The Balaban J connectivity index is 2.49. The van der Waals surface area contributed by atoms with E-state index in [1.54, 1.807) is 0 Å². The molecule has 120 valence electrons. The van der Waals surface area contributed by atoms with Gasteiger partial charge in [0.1, 0.15) is 12.1 Å². The SMILES string of the molecule is CCOC1CC(N)(C(=O)NCC(=O)NCC(=O)O)C1(C)C. The fraction of sp³-hybridized carbons (Fsp3) is 0.769. The van der Waals surface area contributed by atoms with Crippen LogP contribution in [0.1, 0.15) is 27.2 Å². The molecule has 21 heavy (non-hydrogen) atoms. The van der Waals surface area contributed by atoms with Crippen LogP contribution in [0.25, 0.3) is 0 Å². The quantitative estimate of drug-likeness (QED) is 0.469. The lowest BCUT2D eigenvalue weighted by molar-refractivity contribution is -0.170. The van der Waals surface area contributed by atoms with Crippen LogP contribution >= 0.6 is 0 Å². The van der Waals surface area contributed by atoms with Gasteiger partial charge in [0.25, 0.3) is 0 Å². The number of ether oxygens (including phenoxy) is 1. The molecule has 1 saturated carbocycles. The first-order valence-corrected chi connectivity index (χ1v) is 6.82. The molecule has 2 atom stereocenters. The second-order valence-electron chi connectivity index (χ2n) is 5.69. The van der Waals surface area contributed by atoms with E-state index in [0.29, 0.717) is 13.0 Å². The van der Waals surface area contributed by atoms with Crippen molar-refractivity contribution in [1.82, 2.24) is 10.6 Å². The molecule has 0 radical (unpaired) electrons. The third-order valence-electron chi connectivity index (χ3n) is 4.08. The Bertz CT molecular complexity index is 438. The van der Waals surface area contributed by atoms with Crippen LogP contribution in [0.5, 0.6) is 0 Å². The van der Waals surface area contributed by atoms with Gasteiger partial charge >= 0.3 is 5.97 Å². The second kappa shape index (κ2) is 6.40. The molecule has 0 aromatic heterocycles. The molecular weight excluding hydrogens is 278 g/mol. The molecule has 0 aliphatic heterocycles. The molecule has 8 nitrogen and oxygen atoms in total. The van der Waals surface area contributed by atoms with Crippen molar-refractivity contribution < 1.29 is 24.2 Å². The number of carbonyl (C=O) groups excluding carboxylic acids is 2. The van der Waals surface area contributed by atoms with Crippen molar-refractivity contribution in [2.24, 2.45) is 11.1 Å². The first kappa shape index (κ1) is 17.4. The zero-order valence-electron chi connectivity index (χ0n) is 12.6. The van der Waals surface area contributed by atoms with Crippen molar-refractivity contribution in [3.05, 3.63) is 0 Å². The van der Waals surface area contributed by atoms with Crippen LogP contribution in [0, 0.1) is 5.41 Å². The van der Waals surface area contributed by atoms with Gasteiger partial charge in [-0.2, -0.15) is 0 Å². The minimum Gasteiger partial charge on any atom is -0.480 e. The number of hydrogen-bond donors (Lipinski definition) is 4. The lowest BCUT2D eigenvalue weighted by atomic mass is 9.54. The van der Waals surface area contributed by atoms with E-state index in [1.807, 2.05) is 20.8 Å². The summed E-state index contributed by atoms with van der Waals surface area (Å²) >= 11 is 0. The van der Waals surface area contributed by atoms with E-state index in [1.165, 1.54) is 0 Å². The van der Waals surface area contributed by atoms with Crippen molar-refractivity contribution >= 4 is 17.8 Å². The number of aliphatic carboxylic acids is 1. The Morgan fingerprint density at radius 1 is 1.29 bits per heavy atom. The first-order chi connectivity index (χ1) is 9.65. The standard InChI is InChI=1S/C13H23N3O5/c1-4-21-8-5-13(14,12(8,2)3)11(20)16-6-9(17)15-7-10(18)19/h8H,4-7,14H2,1-3H3,(H,15,17)(H,16,20)(H,18,19). The predicted molar refractivity (Wildman–Crippen MR) is 74.4 cm³/mol. The molecule has 0 spiro atoms. The Labute approximate surface area is 123 Å². The highest BCUT2D eigenvalue weighted by atomic mass is 16.5. The smallest absolute Gasteiger partial charge is 0.322 e. The van der Waals surface area contributed by atoms with Crippen LogP contribution in [-0.4, -0.2) is 54.2 Å². The van der Waals surface area contributed by atoms with E-state index in [0.717, 1.165) is 0 Å². The molecule has 1 aliphatic carbocycles. The third kappa shape index (κ3) is 3.51. The van der Waals surface area contributed by atoms with Gasteiger partial charge in [-0.3, -0.25) is 14.4 Å². The van der Waals surface area contributed by atoms with Crippen molar-refractivity contribution in [1.29, 1.82) is 0 Å². The van der Waals surface area contributed by atoms with Gasteiger partial charge in [0, 0.05) is 18.4 Å². The maximum absolute atomic E-state index is 12.2. The fourth-order valence-corrected chi connectivity index (χ4v) is 2.38. The minimum absolute atomic E-state index is 0.0981. The van der Waals surface area contributed by atoms with Crippen LogP contribution < -0.4 is 16.4 Å². The van der Waals surface area contributed by atoms with E-state index in [2.05, 4.69) is 10.6 Å². The Hall–Kier alpha value is -1.67. The van der Waals surface area contributed by atoms with Gasteiger partial charge in [0.2, 0.25) is 11.8 Å². The summed E-state index contributed by atoms with van der Waals surface area (Å²) in [5.74, 6) is -2.16. The van der Waals surface area contributed by atoms with Crippen LogP contribution in [0.2, 0.25) is 0 Å². The molecule has 5 N–H and O–H groups in total. The monoisotopic (exact) mass is 301 g/mol. The summed E-state index contributed by atoms with van der Waals surface area (Å²) < 4.78 is 5.52. The molecule has 1 aliphatic rings. The van der Waals surface area contributed by atoms with Crippen molar-refractivity contribution in [3.63, 3.8) is 0 Å².